The summed E-state index contributed by atoms with van der Waals surface area (Å²) in [6.45, 7) is 4.35. The summed E-state index contributed by atoms with van der Waals surface area (Å²) in [4.78, 5) is 2.17. The zero-order valence-electron chi connectivity index (χ0n) is 9.63. The van der Waals surface area contributed by atoms with E-state index in [2.05, 4.69) is 4.90 Å². The Kier molecular flexibility index (Phi) is 2.93. The molecule has 3 nitrogen and oxygen atoms in total. The summed E-state index contributed by atoms with van der Waals surface area (Å²) in [7, 11) is -2.89. The van der Waals surface area contributed by atoms with E-state index in [1.807, 2.05) is 37.3 Å². The average Bonchev–Trinajstić information content (AvgIpc) is 2.24. The standard InChI is InChI=1S/C12H17NO2S/c1-10-9-16(14,15)11(2)8-13(10)12-6-4-3-5-7-12/h3-7,10-11H,8-9H2,1-2H3. The van der Waals surface area contributed by atoms with Crippen LogP contribution in [0.1, 0.15) is 13.8 Å². The molecule has 88 valence electrons. The van der Waals surface area contributed by atoms with Crippen molar-refractivity contribution in [2.75, 3.05) is 17.2 Å². The van der Waals surface area contributed by atoms with Gasteiger partial charge in [-0.15, -0.1) is 0 Å². The highest BCUT2D eigenvalue weighted by atomic mass is 32.2. The molecule has 0 N–H and O–H groups in total. The summed E-state index contributed by atoms with van der Waals surface area (Å²) in [6.07, 6.45) is 0. The van der Waals surface area contributed by atoms with E-state index in [0.29, 0.717) is 6.54 Å². The van der Waals surface area contributed by atoms with Gasteiger partial charge in [-0.3, -0.25) is 0 Å². The third-order valence-electron chi connectivity index (χ3n) is 3.16. The second kappa shape index (κ2) is 4.09. The van der Waals surface area contributed by atoms with E-state index >= 15 is 0 Å². The average molecular weight is 239 g/mol. The second-order valence-corrected chi connectivity index (χ2v) is 6.94. The Balaban J connectivity index is 2.26. The van der Waals surface area contributed by atoms with Gasteiger partial charge in [0.2, 0.25) is 0 Å². The number of sulfone groups is 1. The summed E-state index contributed by atoms with van der Waals surface area (Å²) >= 11 is 0. The Labute approximate surface area is 97.0 Å². The lowest BCUT2D eigenvalue weighted by Gasteiger charge is -2.38. The molecule has 4 heteroatoms. The van der Waals surface area contributed by atoms with Gasteiger partial charge in [-0.1, -0.05) is 18.2 Å². The Morgan fingerprint density at radius 2 is 1.81 bits per heavy atom. The molecule has 1 heterocycles. The lowest BCUT2D eigenvalue weighted by Crippen LogP contribution is -2.51. The van der Waals surface area contributed by atoms with Crippen LogP contribution >= 0.6 is 0 Å². The van der Waals surface area contributed by atoms with Gasteiger partial charge in [0.1, 0.15) is 0 Å². The zero-order chi connectivity index (χ0) is 11.8. The van der Waals surface area contributed by atoms with Crippen molar-refractivity contribution in [3.63, 3.8) is 0 Å². The molecule has 1 saturated heterocycles. The van der Waals surface area contributed by atoms with Crippen molar-refractivity contribution in [3.8, 4) is 0 Å². The number of nitrogens with zero attached hydrogens (tertiary/aromatic N) is 1. The fourth-order valence-electron chi connectivity index (χ4n) is 2.14. The highest BCUT2D eigenvalue weighted by Crippen LogP contribution is 2.24. The van der Waals surface area contributed by atoms with Gasteiger partial charge in [-0.05, 0) is 26.0 Å². The van der Waals surface area contributed by atoms with Gasteiger partial charge in [0.05, 0.1) is 11.0 Å². The van der Waals surface area contributed by atoms with Gasteiger partial charge in [0.15, 0.2) is 9.84 Å². The predicted molar refractivity (Wildman–Crippen MR) is 66.5 cm³/mol. The second-order valence-electron chi connectivity index (χ2n) is 4.48. The van der Waals surface area contributed by atoms with E-state index in [0.717, 1.165) is 5.69 Å². The molecule has 0 aromatic heterocycles. The summed E-state index contributed by atoms with van der Waals surface area (Å²) < 4.78 is 23.5. The molecular weight excluding hydrogens is 222 g/mol. The lowest BCUT2D eigenvalue weighted by atomic mass is 10.2. The minimum absolute atomic E-state index is 0.0589. The van der Waals surface area contributed by atoms with E-state index in [-0.39, 0.29) is 17.0 Å². The normalized spacial score (nSPS) is 29.0. The Bertz CT molecular complexity index is 455. The predicted octanol–water partition coefficient (Wildman–Crippen LogP) is 1.70. The van der Waals surface area contributed by atoms with Crippen LogP contribution < -0.4 is 4.90 Å². The maximum Gasteiger partial charge on any atom is 0.156 e. The van der Waals surface area contributed by atoms with Crippen LogP contribution in [0.5, 0.6) is 0 Å². The number of hydrogen-bond donors (Lipinski definition) is 0. The highest BCUT2D eigenvalue weighted by Gasteiger charge is 2.34. The van der Waals surface area contributed by atoms with E-state index in [1.165, 1.54) is 0 Å². The molecule has 0 spiro atoms. The van der Waals surface area contributed by atoms with Gasteiger partial charge >= 0.3 is 0 Å². The number of benzene rings is 1. The summed E-state index contributed by atoms with van der Waals surface area (Å²) in [6, 6.07) is 10.1. The van der Waals surface area contributed by atoms with E-state index < -0.39 is 9.84 Å². The van der Waals surface area contributed by atoms with Crippen molar-refractivity contribution in [1.29, 1.82) is 0 Å². The summed E-state index contributed by atoms with van der Waals surface area (Å²) in [5.41, 5.74) is 1.11. The molecule has 1 aromatic rings. The van der Waals surface area contributed by atoms with Crippen molar-refractivity contribution in [2.45, 2.75) is 25.1 Å². The molecule has 2 rings (SSSR count). The Morgan fingerprint density at radius 3 is 2.44 bits per heavy atom. The first-order valence-corrected chi connectivity index (χ1v) is 7.25. The van der Waals surface area contributed by atoms with Gasteiger partial charge in [-0.25, -0.2) is 8.42 Å². The smallest absolute Gasteiger partial charge is 0.156 e. The maximum atomic E-state index is 11.7. The molecule has 0 aliphatic carbocycles. The van der Waals surface area contributed by atoms with E-state index in [1.54, 1.807) is 6.92 Å². The van der Waals surface area contributed by atoms with Crippen LogP contribution in [0, 0.1) is 0 Å². The molecule has 1 fully saturated rings. The van der Waals surface area contributed by atoms with Crippen molar-refractivity contribution < 1.29 is 8.42 Å². The van der Waals surface area contributed by atoms with Gasteiger partial charge in [0, 0.05) is 18.3 Å². The molecule has 0 bridgehead atoms. The largest absolute Gasteiger partial charge is 0.367 e. The number of hydrogen-bond acceptors (Lipinski definition) is 3. The molecule has 16 heavy (non-hydrogen) atoms. The molecule has 2 atom stereocenters. The van der Waals surface area contributed by atoms with Crippen LogP contribution in [0.15, 0.2) is 30.3 Å². The van der Waals surface area contributed by atoms with Crippen LogP contribution in [-0.4, -0.2) is 32.0 Å². The first-order valence-electron chi connectivity index (χ1n) is 5.54. The van der Waals surface area contributed by atoms with Crippen LogP contribution in [-0.2, 0) is 9.84 Å². The van der Waals surface area contributed by atoms with Crippen molar-refractivity contribution in [3.05, 3.63) is 30.3 Å². The highest BCUT2D eigenvalue weighted by molar-refractivity contribution is 7.92. The quantitative estimate of drug-likeness (QED) is 0.748. The molecule has 0 radical (unpaired) electrons. The van der Waals surface area contributed by atoms with Crippen LogP contribution in [0.3, 0.4) is 0 Å². The molecular formula is C12H17NO2S. The van der Waals surface area contributed by atoms with Crippen LogP contribution in [0.2, 0.25) is 0 Å². The molecule has 2 unspecified atom stereocenters. The Morgan fingerprint density at radius 1 is 1.19 bits per heavy atom. The van der Waals surface area contributed by atoms with Crippen molar-refractivity contribution in [1.82, 2.24) is 0 Å². The summed E-state index contributed by atoms with van der Waals surface area (Å²) in [5, 5.41) is -0.274. The van der Waals surface area contributed by atoms with Gasteiger partial charge < -0.3 is 4.90 Å². The first-order chi connectivity index (χ1) is 7.50. The summed E-state index contributed by atoms with van der Waals surface area (Å²) in [5.74, 6) is 0.253. The SMILES string of the molecule is CC1CS(=O)(=O)C(C)CN1c1ccccc1. The van der Waals surface area contributed by atoms with Crippen LogP contribution in [0.25, 0.3) is 0 Å². The minimum atomic E-state index is -2.89. The number of para-hydroxylation sites is 1. The molecule has 1 aliphatic rings. The molecule has 0 saturated carbocycles. The third kappa shape index (κ3) is 2.07. The molecule has 1 aromatic carbocycles. The number of rotatable bonds is 1. The Hall–Kier alpha value is -1.03. The minimum Gasteiger partial charge on any atom is -0.367 e. The van der Waals surface area contributed by atoms with Gasteiger partial charge in [0.25, 0.3) is 0 Å². The molecule has 0 amide bonds. The topological polar surface area (TPSA) is 37.4 Å². The molecule has 1 aliphatic heterocycles. The van der Waals surface area contributed by atoms with Crippen molar-refractivity contribution in [2.24, 2.45) is 0 Å². The number of anilines is 1. The third-order valence-corrected chi connectivity index (χ3v) is 5.48. The van der Waals surface area contributed by atoms with Gasteiger partial charge in [-0.2, -0.15) is 0 Å². The zero-order valence-corrected chi connectivity index (χ0v) is 10.4. The lowest BCUT2D eigenvalue weighted by molar-refractivity contribution is 0.546. The maximum absolute atomic E-state index is 11.7. The van der Waals surface area contributed by atoms with E-state index in [4.69, 9.17) is 0 Å². The fourth-order valence-corrected chi connectivity index (χ4v) is 3.71. The van der Waals surface area contributed by atoms with E-state index in [9.17, 15) is 8.42 Å². The van der Waals surface area contributed by atoms with Crippen LogP contribution in [0.4, 0.5) is 5.69 Å². The fraction of sp³-hybridized carbons (Fsp3) is 0.500. The monoisotopic (exact) mass is 239 g/mol. The first kappa shape index (κ1) is 11.5. The van der Waals surface area contributed by atoms with Crippen molar-refractivity contribution >= 4 is 15.5 Å².